The fourth-order valence-corrected chi connectivity index (χ4v) is 3.52. The van der Waals surface area contributed by atoms with E-state index in [1.54, 1.807) is 25.8 Å². The number of rotatable bonds is 5. The van der Waals surface area contributed by atoms with Crippen LogP contribution in [0, 0.1) is 0 Å². The van der Waals surface area contributed by atoms with E-state index in [0.29, 0.717) is 35.2 Å². The number of aromatic nitrogens is 4. The fraction of sp³-hybridized carbons (Fsp3) is 0.125. The molecule has 0 bridgehead atoms. The van der Waals surface area contributed by atoms with Crippen molar-refractivity contribution in [1.82, 2.24) is 19.9 Å². The van der Waals surface area contributed by atoms with Gasteiger partial charge in [0, 0.05) is 17.1 Å². The molecule has 4 heterocycles. The monoisotopic (exact) mass is 355 g/mol. The Kier molecular flexibility index (Phi) is 3.69. The summed E-state index contributed by atoms with van der Waals surface area (Å²) in [6.45, 7) is 0. The zero-order valence-electron chi connectivity index (χ0n) is 13.4. The lowest BCUT2D eigenvalue weighted by Crippen LogP contribution is -1.97. The lowest BCUT2D eigenvalue weighted by Gasteiger charge is -2.12. The van der Waals surface area contributed by atoms with Gasteiger partial charge in [-0.05, 0) is 12.1 Å². The number of carbonyl (C=O) groups excluding carboxylic acids is 1. The van der Waals surface area contributed by atoms with Crippen molar-refractivity contribution in [3.05, 3.63) is 23.8 Å². The summed E-state index contributed by atoms with van der Waals surface area (Å²) in [7, 11) is 3.17. The third-order valence-electron chi connectivity index (χ3n) is 3.82. The van der Waals surface area contributed by atoms with Crippen LogP contribution in [0.2, 0.25) is 0 Å². The van der Waals surface area contributed by atoms with E-state index >= 15 is 0 Å². The van der Waals surface area contributed by atoms with Gasteiger partial charge in [0.15, 0.2) is 11.4 Å². The van der Waals surface area contributed by atoms with Crippen molar-refractivity contribution in [2.75, 3.05) is 19.5 Å². The average molecular weight is 355 g/mol. The van der Waals surface area contributed by atoms with Gasteiger partial charge in [-0.2, -0.15) is 4.98 Å². The van der Waals surface area contributed by atoms with Crippen LogP contribution in [-0.2, 0) is 4.79 Å². The second-order valence-electron chi connectivity index (χ2n) is 5.09. The van der Waals surface area contributed by atoms with Gasteiger partial charge in [-0.1, -0.05) is 0 Å². The summed E-state index contributed by atoms with van der Waals surface area (Å²) in [6.07, 6.45) is 2.41. The molecule has 4 rings (SSSR count). The molecule has 0 unspecified atom stereocenters. The minimum absolute atomic E-state index is 0.422. The maximum Gasteiger partial charge on any atom is 0.227 e. The number of aromatic amines is 1. The predicted molar refractivity (Wildman–Crippen MR) is 95.3 cm³/mol. The minimum atomic E-state index is 0.422. The smallest absolute Gasteiger partial charge is 0.227 e. The van der Waals surface area contributed by atoms with E-state index in [9.17, 15) is 4.79 Å². The van der Waals surface area contributed by atoms with E-state index in [1.807, 2.05) is 12.3 Å². The standard InChI is InChI=1S/C16H13N5O3S/c1-23-12-11(16(24-2)21-15-13(12)25-7-19-15)9-5-17-14-8(9)3-4-10(20-14)18-6-22/h3-7H,1-2H3,(H2,17,18,20,22). The van der Waals surface area contributed by atoms with E-state index in [2.05, 4.69) is 25.3 Å². The molecule has 0 spiro atoms. The number of hydrogen-bond acceptors (Lipinski definition) is 7. The second kappa shape index (κ2) is 6.02. The summed E-state index contributed by atoms with van der Waals surface area (Å²) < 4.78 is 12.0. The Morgan fingerprint density at radius 2 is 2.12 bits per heavy atom. The summed E-state index contributed by atoms with van der Waals surface area (Å²) in [5, 5.41) is 3.39. The van der Waals surface area contributed by atoms with Gasteiger partial charge in [-0.25, -0.2) is 9.97 Å². The minimum Gasteiger partial charge on any atom is -0.494 e. The maximum absolute atomic E-state index is 10.6. The molecule has 4 aromatic rings. The fourth-order valence-electron chi connectivity index (χ4n) is 2.77. The summed E-state index contributed by atoms with van der Waals surface area (Å²) in [6, 6.07) is 3.60. The molecule has 0 aliphatic carbocycles. The highest BCUT2D eigenvalue weighted by Crippen LogP contribution is 2.45. The van der Waals surface area contributed by atoms with Crippen LogP contribution in [0.3, 0.4) is 0 Å². The van der Waals surface area contributed by atoms with Crippen LogP contribution in [0.1, 0.15) is 0 Å². The molecule has 0 saturated heterocycles. The highest BCUT2D eigenvalue weighted by molar-refractivity contribution is 7.17. The molecule has 0 atom stereocenters. The summed E-state index contributed by atoms with van der Waals surface area (Å²) in [4.78, 5) is 26.8. The molecular formula is C16H13N5O3S. The van der Waals surface area contributed by atoms with Crippen LogP contribution in [0.5, 0.6) is 11.6 Å². The molecule has 2 N–H and O–H groups in total. The Bertz CT molecular complexity index is 1090. The van der Waals surface area contributed by atoms with Gasteiger partial charge in [0.1, 0.15) is 16.2 Å². The van der Waals surface area contributed by atoms with Crippen LogP contribution in [-0.4, -0.2) is 40.6 Å². The number of H-pyrrole nitrogens is 1. The van der Waals surface area contributed by atoms with Gasteiger partial charge in [0.2, 0.25) is 12.3 Å². The van der Waals surface area contributed by atoms with Crippen molar-refractivity contribution in [2.45, 2.75) is 0 Å². The second-order valence-corrected chi connectivity index (χ2v) is 5.95. The maximum atomic E-state index is 10.6. The first-order valence-corrected chi connectivity index (χ1v) is 8.18. The lowest BCUT2D eigenvalue weighted by molar-refractivity contribution is -0.105. The van der Waals surface area contributed by atoms with Gasteiger partial charge >= 0.3 is 0 Å². The average Bonchev–Trinajstić information content (AvgIpc) is 3.26. The number of nitrogens with zero attached hydrogens (tertiary/aromatic N) is 3. The van der Waals surface area contributed by atoms with Crippen LogP contribution in [0.25, 0.3) is 32.5 Å². The van der Waals surface area contributed by atoms with E-state index in [0.717, 1.165) is 21.2 Å². The lowest BCUT2D eigenvalue weighted by atomic mass is 10.1. The Hall–Kier alpha value is -3.20. The highest BCUT2D eigenvalue weighted by Gasteiger charge is 2.22. The largest absolute Gasteiger partial charge is 0.494 e. The quantitative estimate of drug-likeness (QED) is 0.534. The van der Waals surface area contributed by atoms with Crippen LogP contribution in [0.4, 0.5) is 5.82 Å². The van der Waals surface area contributed by atoms with E-state index in [-0.39, 0.29) is 0 Å². The van der Waals surface area contributed by atoms with Crippen molar-refractivity contribution in [2.24, 2.45) is 0 Å². The molecule has 0 radical (unpaired) electrons. The van der Waals surface area contributed by atoms with Gasteiger partial charge in [-0.15, -0.1) is 11.3 Å². The van der Waals surface area contributed by atoms with Crippen molar-refractivity contribution in [3.8, 4) is 22.8 Å². The van der Waals surface area contributed by atoms with Gasteiger partial charge in [-0.3, -0.25) is 4.79 Å². The van der Waals surface area contributed by atoms with Crippen LogP contribution in [0.15, 0.2) is 23.8 Å². The highest BCUT2D eigenvalue weighted by atomic mass is 32.1. The van der Waals surface area contributed by atoms with E-state index in [1.165, 1.54) is 11.3 Å². The normalized spacial score (nSPS) is 11.0. The molecular weight excluding hydrogens is 342 g/mol. The number of fused-ring (bicyclic) bond motifs is 2. The topological polar surface area (TPSA) is 102 Å². The SMILES string of the molecule is COc1nc2ncsc2c(OC)c1-c1c[nH]c2nc(NC=O)ccc12. The number of nitrogens with one attached hydrogen (secondary N) is 2. The van der Waals surface area contributed by atoms with Gasteiger partial charge in [0.05, 0.1) is 25.3 Å². The predicted octanol–water partition coefficient (Wildman–Crippen LogP) is 2.82. The summed E-state index contributed by atoms with van der Waals surface area (Å²) in [5.74, 6) is 1.54. The molecule has 25 heavy (non-hydrogen) atoms. The molecule has 126 valence electrons. The van der Waals surface area contributed by atoms with Crippen LogP contribution >= 0.6 is 11.3 Å². The number of ether oxygens (including phenoxy) is 2. The zero-order chi connectivity index (χ0) is 17.4. The summed E-state index contributed by atoms with van der Waals surface area (Å²) >= 11 is 1.45. The first kappa shape index (κ1) is 15.3. The Labute approximate surface area is 145 Å². The molecule has 1 amide bonds. The molecule has 0 aliphatic rings. The zero-order valence-corrected chi connectivity index (χ0v) is 14.2. The third kappa shape index (κ3) is 2.36. The van der Waals surface area contributed by atoms with Crippen LogP contribution < -0.4 is 14.8 Å². The number of anilines is 1. The van der Waals surface area contributed by atoms with Gasteiger partial charge in [0.25, 0.3) is 0 Å². The number of carbonyl (C=O) groups is 1. The number of methoxy groups -OCH3 is 2. The van der Waals surface area contributed by atoms with Crippen molar-refractivity contribution >= 4 is 44.9 Å². The Morgan fingerprint density at radius 1 is 1.24 bits per heavy atom. The Morgan fingerprint density at radius 3 is 2.88 bits per heavy atom. The molecule has 0 aliphatic heterocycles. The Balaban J connectivity index is 2.00. The van der Waals surface area contributed by atoms with Crippen molar-refractivity contribution in [1.29, 1.82) is 0 Å². The van der Waals surface area contributed by atoms with Crippen molar-refractivity contribution < 1.29 is 14.3 Å². The van der Waals surface area contributed by atoms with E-state index in [4.69, 9.17) is 9.47 Å². The molecule has 9 heteroatoms. The van der Waals surface area contributed by atoms with Crippen molar-refractivity contribution in [3.63, 3.8) is 0 Å². The molecule has 0 aromatic carbocycles. The first-order valence-electron chi connectivity index (χ1n) is 7.30. The third-order valence-corrected chi connectivity index (χ3v) is 4.63. The summed E-state index contributed by atoms with van der Waals surface area (Å²) in [5.41, 5.74) is 4.51. The number of hydrogen-bond donors (Lipinski definition) is 2. The molecule has 0 fully saturated rings. The number of pyridine rings is 2. The molecule has 4 aromatic heterocycles. The molecule has 0 saturated carbocycles. The van der Waals surface area contributed by atoms with E-state index < -0.39 is 0 Å². The first-order chi connectivity index (χ1) is 12.3. The number of thiazole rings is 1. The molecule has 8 nitrogen and oxygen atoms in total. The number of amides is 1. The van der Waals surface area contributed by atoms with Gasteiger partial charge < -0.3 is 19.8 Å².